The second kappa shape index (κ2) is 7.25. The van der Waals surface area contributed by atoms with E-state index in [0.717, 1.165) is 24.0 Å². The molecule has 1 atom stereocenters. The average molecular weight is 357 g/mol. The van der Waals surface area contributed by atoms with E-state index >= 15 is 0 Å². The molecule has 5 heteroatoms. The first kappa shape index (κ1) is 17.0. The van der Waals surface area contributed by atoms with E-state index in [1.54, 1.807) is 0 Å². The van der Waals surface area contributed by atoms with Gasteiger partial charge in [-0.05, 0) is 55.8 Å². The van der Waals surface area contributed by atoms with Crippen LogP contribution in [0, 0.1) is 0 Å². The molecule has 1 fully saturated rings. The molecule has 0 aromatic carbocycles. The zero-order valence-electron chi connectivity index (χ0n) is 13.8. The molecular formula is C16H29BrN4. The summed E-state index contributed by atoms with van der Waals surface area (Å²) >= 11 is 3.74. The van der Waals surface area contributed by atoms with E-state index in [1.165, 1.54) is 31.4 Å². The summed E-state index contributed by atoms with van der Waals surface area (Å²) in [6.45, 7) is 6.36. The zero-order valence-corrected chi connectivity index (χ0v) is 15.4. The van der Waals surface area contributed by atoms with E-state index in [2.05, 4.69) is 63.9 Å². The van der Waals surface area contributed by atoms with E-state index in [0.29, 0.717) is 6.04 Å². The average Bonchev–Trinajstić information content (AvgIpc) is 3.06. The van der Waals surface area contributed by atoms with E-state index in [-0.39, 0.29) is 5.54 Å². The van der Waals surface area contributed by atoms with E-state index in [4.69, 9.17) is 0 Å². The van der Waals surface area contributed by atoms with Crippen molar-refractivity contribution in [2.24, 2.45) is 0 Å². The molecule has 0 bridgehead atoms. The van der Waals surface area contributed by atoms with Gasteiger partial charge in [0, 0.05) is 12.1 Å². The number of halogens is 1. The molecule has 1 aromatic heterocycles. The van der Waals surface area contributed by atoms with Crippen molar-refractivity contribution in [2.75, 3.05) is 20.6 Å². The molecule has 0 spiro atoms. The predicted octanol–water partition coefficient (Wildman–Crippen LogP) is 3.58. The SMILES string of the molecule is CCCn1ncc(Br)c1C(NCC)C1(N(C)C)CCCC1. The Labute approximate surface area is 137 Å². The van der Waals surface area contributed by atoms with Gasteiger partial charge in [0.1, 0.15) is 0 Å². The van der Waals surface area contributed by atoms with Crippen molar-refractivity contribution in [1.82, 2.24) is 20.0 Å². The molecule has 2 rings (SSSR count). The molecule has 0 radical (unpaired) electrons. The van der Waals surface area contributed by atoms with Crippen LogP contribution < -0.4 is 5.32 Å². The summed E-state index contributed by atoms with van der Waals surface area (Å²) in [5.41, 5.74) is 1.51. The van der Waals surface area contributed by atoms with E-state index in [9.17, 15) is 0 Å². The van der Waals surface area contributed by atoms with Crippen molar-refractivity contribution in [2.45, 2.75) is 64.1 Å². The van der Waals surface area contributed by atoms with Crippen LogP contribution in [0.15, 0.2) is 10.7 Å². The number of likely N-dealkylation sites (N-methyl/N-ethyl adjacent to an activating group) is 2. The number of hydrogen-bond donors (Lipinski definition) is 1. The summed E-state index contributed by atoms with van der Waals surface area (Å²) in [7, 11) is 4.45. The lowest BCUT2D eigenvalue weighted by molar-refractivity contribution is 0.100. The first-order valence-corrected chi connectivity index (χ1v) is 8.98. The lowest BCUT2D eigenvalue weighted by atomic mass is 9.84. The van der Waals surface area contributed by atoms with Gasteiger partial charge in [-0.15, -0.1) is 0 Å². The van der Waals surface area contributed by atoms with Crippen LogP contribution in [-0.2, 0) is 6.54 Å². The lowest BCUT2D eigenvalue weighted by Gasteiger charge is -2.44. The van der Waals surface area contributed by atoms with Gasteiger partial charge in [0.15, 0.2) is 0 Å². The second-order valence-corrected chi connectivity index (χ2v) is 7.15. The van der Waals surface area contributed by atoms with Crippen LogP contribution in [0.2, 0.25) is 0 Å². The molecule has 21 heavy (non-hydrogen) atoms. The van der Waals surface area contributed by atoms with Crippen LogP contribution in [0.5, 0.6) is 0 Å². The molecule has 1 saturated carbocycles. The number of nitrogens with zero attached hydrogens (tertiary/aromatic N) is 3. The molecule has 1 unspecified atom stereocenters. The van der Waals surface area contributed by atoms with Gasteiger partial charge in [-0.1, -0.05) is 26.7 Å². The maximum atomic E-state index is 4.58. The second-order valence-electron chi connectivity index (χ2n) is 6.30. The fraction of sp³-hybridized carbons (Fsp3) is 0.812. The number of aryl methyl sites for hydroxylation is 1. The third-order valence-electron chi connectivity index (χ3n) is 4.85. The number of aromatic nitrogens is 2. The molecular weight excluding hydrogens is 328 g/mol. The van der Waals surface area contributed by atoms with Crippen molar-refractivity contribution >= 4 is 15.9 Å². The number of hydrogen-bond acceptors (Lipinski definition) is 3. The molecule has 4 nitrogen and oxygen atoms in total. The Morgan fingerprint density at radius 3 is 2.57 bits per heavy atom. The van der Waals surface area contributed by atoms with E-state index < -0.39 is 0 Å². The third kappa shape index (κ3) is 3.20. The van der Waals surface area contributed by atoms with Gasteiger partial charge in [0.25, 0.3) is 0 Å². The standard InChI is InChI=1S/C16H29BrN4/c1-5-11-21-14(13(17)12-19-21)15(18-6-2)16(20(3)4)9-7-8-10-16/h12,15,18H,5-11H2,1-4H3. The van der Waals surface area contributed by atoms with Gasteiger partial charge in [0.2, 0.25) is 0 Å². The summed E-state index contributed by atoms with van der Waals surface area (Å²) in [5, 5.41) is 8.34. The summed E-state index contributed by atoms with van der Waals surface area (Å²) in [4.78, 5) is 2.43. The van der Waals surface area contributed by atoms with Gasteiger partial charge < -0.3 is 10.2 Å². The lowest BCUT2D eigenvalue weighted by Crippen LogP contribution is -2.52. The quantitative estimate of drug-likeness (QED) is 0.810. The molecule has 0 amide bonds. The van der Waals surface area contributed by atoms with Crippen molar-refractivity contribution in [3.8, 4) is 0 Å². The monoisotopic (exact) mass is 356 g/mol. The molecule has 0 aliphatic heterocycles. The molecule has 1 aliphatic rings. The minimum Gasteiger partial charge on any atom is -0.307 e. The first-order valence-electron chi connectivity index (χ1n) is 8.18. The van der Waals surface area contributed by atoms with Crippen LogP contribution in [-0.4, -0.2) is 40.9 Å². The Bertz CT molecular complexity index is 449. The van der Waals surface area contributed by atoms with Crippen LogP contribution in [0.25, 0.3) is 0 Å². The topological polar surface area (TPSA) is 33.1 Å². The number of rotatable bonds is 7. The van der Waals surface area contributed by atoms with Gasteiger partial charge in [-0.25, -0.2) is 0 Å². The van der Waals surface area contributed by atoms with Crippen LogP contribution in [0.4, 0.5) is 0 Å². The zero-order chi connectivity index (χ0) is 15.5. The van der Waals surface area contributed by atoms with Crippen molar-refractivity contribution in [1.29, 1.82) is 0 Å². The minimum atomic E-state index is 0.198. The highest BCUT2D eigenvalue weighted by Gasteiger charge is 2.45. The molecule has 120 valence electrons. The molecule has 0 saturated heterocycles. The highest BCUT2D eigenvalue weighted by molar-refractivity contribution is 9.10. The molecule has 1 heterocycles. The minimum absolute atomic E-state index is 0.198. The molecule has 1 aliphatic carbocycles. The molecule has 1 aromatic rings. The maximum Gasteiger partial charge on any atom is 0.0714 e. The maximum absolute atomic E-state index is 4.58. The Morgan fingerprint density at radius 1 is 1.38 bits per heavy atom. The fourth-order valence-electron chi connectivity index (χ4n) is 3.78. The summed E-state index contributed by atoms with van der Waals surface area (Å²) in [6, 6.07) is 0.323. The Hall–Kier alpha value is -0.390. The van der Waals surface area contributed by atoms with Crippen LogP contribution in [0.3, 0.4) is 0 Å². The summed E-state index contributed by atoms with van der Waals surface area (Å²) in [5.74, 6) is 0. The third-order valence-corrected chi connectivity index (χ3v) is 5.46. The fourth-order valence-corrected chi connectivity index (χ4v) is 4.30. The first-order chi connectivity index (χ1) is 10.1. The van der Waals surface area contributed by atoms with Crippen LogP contribution >= 0.6 is 15.9 Å². The Kier molecular flexibility index (Phi) is 5.86. The predicted molar refractivity (Wildman–Crippen MR) is 91.5 cm³/mol. The largest absolute Gasteiger partial charge is 0.307 e. The Balaban J connectivity index is 2.45. The van der Waals surface area contributed by atoms with Gasteiger partial charge >= 0.3 is 0 Å². The van der Waals surface area contributed by atoms with E-state index in [1.807, 2.05) is 6.20 Å². The van der Waals surface area contributed by atoms with Crippen molar-refractivity contribution < 1.29 is 0 Å². The normalized spacial score (nSPS) is 19.3. The van der Waals surface area contributed by atoms with Gasteiger partial charge in [-0.3, -0.25) is 4.68 Å². The summed E-state index contributed by atoms with van der Waals surface area (Å²) in [6.07, 6.45) is 8.20. The molecule has 1 N–H and O–H groups in total. The summed E-state index contributed by atoms with van der Waals surface area (Å²) < 4.78 is 3.32. The van der Waals surface area contributed by atoms with Gasteiger partial charge in [-0.2, -0.15) is 5.10 Å². The smallest absolute Gasteiger partial charge is 0.0714 e. The number of nitrogens with one attached hydrogen (secondary N) is 1. The van der Waals surface area contributed by atoms with Crippen molar-refractivity contribution in [3.63, 3.8) is 0 Å². The van der Waals surface area contributed by atoms with Crippen LogP contribution in [0.1, 0.15) is 57.7 Å². The highest BCUT2D eigenvalue weighted by atomic mass is 79.9. The van der Waals surface area contributed by atoms with Gasteiger partial charge in [0.05, 0.1) is 22.4 Å². The Morgan fingerprint density at radius 2 is 2.05 bits per heavy atom. The highest BCUT2D eigenvalue weighted by Crippen LogP contribution is 2.44. The van der Waals surface area contributed by atoms with Crippen molar-refractivity contribution in [3.05, 3.63) is 16.4 Å².